The molecule has 1 aliphatic heterocycles. The first-order valence-electron chi connectivity index (χ1n) is 7.91. The fourth-order valence-electron chi connectivity index (χ4n) is 2.86. The van der Waals surface area contributed by atoms with Gasteiger partial charge < -0.3 is 14.7 Å². The van der Waals surface area contributed by atoms with Crippen LogP contribution in [0.2, 0.25) is 0 Å². The lowest BCUT2D eigenvalue weighted by Crippen LogP contribution is -2.27. The Hall–Kier alpha value is -2.41. The maximum absolute atomic E-state index is 12.3. The van der Waals surface area contributed by atoms with Gasteiger partial charge in [0.15, 0.2) is 0 Å². The number of hydrogen-bond donors (Lipinski definition) is 1. The number of nitrogens with zero attached hydrogens (tertiary/aromatic N) is 3. The number of amides is 1. The number of aromatic nitrogens is 2. The van der Waals surface area contributed by atoms with E-state index < -0.39 is 11.7 Å². The van der Waals surface area contributed by atoms with Gasteiger partial charge in [-0.25, -0.2) is 4.79 Å². The molecule has 1 N–H and O–H groups in total. The molecule has 0 bridgehead atoms. The van der Waals surface area contributed by atoms with Crippen LogP contribution in [0.1, 0.15) is 27.2 Å². The van der Waals surface area contributed by atoms with E-state index in [-0.39, 0.29) is 18.4 Å². The van der Waals surface area contributed by atoms with E-state index in [1.54, 1.807) is 44.0 Å². The highest BCUT2D eigenvalue weighted by atomic mass is 16.6. The van der Waals surface area contributed by atoms with Gasteiger partial charge >= 0.3 is 6.09 Å². The average Bonchev–Trinajstić information content (AvgIpc) is 3.08. The summed E-state index contributed by atoms with van der Waals surface area (Å²) in [6.45, 7) is 5.82. The molecule has 0 saturated carbocycles. The largest absolute Gasteiger partial charge is 0.442 e. The van der Waals surface area contributed by atoms with Crippen molar-refractivity contribution >= 4 is 28.6 Å². The molecule has 2 aromatic rings. The summed E-state index contributed by atoms with van der Waals surface area (Å²) in [7, 11) is 0. The Balaban J connectivity index is 1.98. The number of rotatable bonds is 2. The molecule has 1 fully saturated rings. The minimum atomic E-state index is -0.619. The molecule has 7 nitrogen and oxygen atoms in total. The maximum atomic E-state index is 12.3. The van der Waals surface area contributed by atoms with Crippen LogP contribution < -0.4 is 4.90 Å². The maximum Gasteiger partial charge on any atom is 0.435 e. The Morgan fingerprint density at radius 2 is 2.17 bits per heavy atom. The normalized spacial score (nSPS) is 18.4. The van der Waals surface area contributed by atoms with Crippen LogP contribution in [-0.2, 0) is 9.53 Å². The van der Waals surface area contributed by atoms with Crippen molar-refractivity contribution in [2.24, 2.45) is 5.92 Å². The molecule has 1 unspecified atom stereocenters. The van der Waals surface area contributed by atoms with Crippen LogP contribution in [0.5, 0.6) is 0 Å². The highest BCUT2D eigenvalue weighted by molar-refractivity contribution is 6.05. The highest BCUT2D eigenvalue weighted by Crippen LogP contribution is 2.31. The van der Waals surface area contributed by atoms with E-state index in [2.05, 4.69) is 5.10 Å². The first-order valence-corrected chi connectivity index (χ1v) is 7.91. The molecule has 24 heavy (non-hydrogen) atoms. The number of anilines is 1. The molecule has 128 valence electrons. The smallest absolute Gasteiger partial charge is 0.435 e. The number of ether oxygens (including phenoxy) is 1. The lowest BCUT2D eigenvalue weighted by atomic mass is 10.1. The zero-order valence-electron chi connectivity index (χ0n) is 14.0. The Bertz CT molecular complexity index is 791. The monoisotopic (exact) mass is 331 g/mol. The molecule has 0 aliphatic carbocycles. The molecule has 1 saturated heterocycles. The molecular formula is C17H21N3O4. The summed E-state index contributed by atoms with van der Waals surface area (Å²) in [6.07, 6.45) is 1.33. The summed E-state index contributed by atoms with van der Waals surface area (Å²) in [5.41, 5.74) is 0.664. The van der Waals surface area contributed by atoms with Crippen molar-refractivity contribution in [1.82, 2.24) is 9.78 Å². The zero-order valence-corrected chi connectivity index (χ0v) is 14.0. The van der Waals surface area contributed by atoms with Gasteiger partial charge in [0.05, 0.1) is 17.4 Å². The van der Waals surface area contributed by atoms with Gasteiger partial charge in [-0.05, 0) is 32.9 Å². The van der Waals surface area contributed by atoms with Crippen molar-refractivity contribution in [3.63, 3.8) is 0 Å². The zero-order chi connectivity index (χ0) is 17.5. The second kappa shape index (κ2) is 5.90. The van der Waals surface area contributed by atoms with Crippen LogP contribution in [0, 0.1) is 5.92 Å². The van der Waals surface area contributed by atoms with Crippen molar-refractivity contribution in [3.05, 3.63) is 24.4 Å². The molecule has 3 rings (SSSR count). The first kappa shape index (κ1) is 16.4. The third kappa shape index (κ3) is 2.99. The van der Waals surface area contributed by atoms with Gasteiger partial charge in [-0.3, -0.25) is 4.79 Å². The summed E-state index contributed by atoms with van der Waals surface area (Å²) < 4.78 is 6.56. The lowest BCUT2D eigenvalue weighted by molar-refractivity contribution is -0.117. The first-order chi connectivity index (χ1) is 11.3. The van der Waals surface area contributed by atoms with E-state index in [1.807, 2.05) is 6.07 Å². The Morgan fingerprint density at radius 3 is 2.79 bits per heavy atom. The summed E-state index contributed by atoms with van der Waals surface area (Å²) in [4.78, 5) is 26.2. The fourth-order valence-corrected chi connectivity index (χ4v) is 2.86. The van der Waals surface area contributed by atoms with Gasteiger partial charge in [0.1, 0.15) is 5.60 Å². The predicted molar refractivity (Wildman–Crippen MR) is 88.9 cm³/mol. The van der Waals surface area contributed by atoms with Crippen molar-refractivity contribution in [2.75, 3.05) is 18.1 Å². The van der Waals surface area contributed by atoms with Crippen molar-refractivity contribution in [1.29, 1.82) is 0 Å². The Morgan fingerprint density at radius 1 is 1.42 bits per heavy atom. The van der Waals surface area contributed by atoms with Gasteiger partial charge in [-0.2, -0.15) is 9.78 Å². The predicted octanol–water partition coefficient (Wildman–Crippen LogP) is 2.16. The van der Waals surface area contributed by atoms with Crippen LogP contribution in [-0.4, -0.2) is 45.6 Å². The third-order valence-electron chi connectivity index (χ3n) is 3.91. The molecule has 1 amide bonds. The van der Waals surface area contributed by atoms with Gasteiger partial charge in [0.2, 0.25) is 5.91 Å². The molecule has 1 aliphatic rings. The molecule has 7 heteroatoms. The van der Waals surface area contributed by atoms with E-state index in [9.17, 15) is 14.7 Å². The van der Waals surface area contributed by atoms with Crippen molar-refractivity contribution < 1.29 is 19.4 Å². The number of carbonyl (C=O) groups is 2. The third-order valence-corrected chi connectivity index (χ3v) is 3.91. The standard InChI is InChI=1S/C17H21N3O4/c1-17(2,3)24-16(23)20-14-6-4-5-13(12(14)8-18-20)19-9-11(10-21)7-15(19)22/h4-6,8,11,21H,7,9-10H2,1-3H3. The summed E-state index contributed by atoms with van der Waals surface area (Å²) >= 11 is 0. The van der Waals surface area contributed by atoms with E-state index in [0.29, 0.717) is 29.6 Å². The summed E-state index contributed by atoms with van der Waals surface area (Å²) in [5.74, 6) is -0.0970. The van der Waals surface area contributed by atoms with Crippen molar-refractivity contribution in [3.8, 4) is 0 Å². The number of benzene rings is 1. The van der Waals surface area contributed by atoms with Crippen LogP contribution in [0.3, 0.4) is 0 Å². The van der Waals surface area contributed by atoms with E-state index in [4.69, 9.17) is 4.74 Å². The average molecular weight is 331 g/mol. The molecule has 0 radical (unpaired) electrons. The molecular weight excluding hydrogens is 310 g/mol. The Labute approximate surface area is 139 Å². The quantitative estimate of drug-likeness (QED) is 0.911. The highest BCUT2D eigenvalue weighted by Gasteiger charge is 2.31. The van der Waals surface area contributed by atoms with E-state index in [0.717, 1.165) is 0 Å². The molecule has 0 spiro atoms. The summed E-state index contributed by atoms with van der Waals surface area (Å²) in [6, 6.07) is 5.36. The SMILES string of the molecule is CC(C)(C)OC(=O)n1ncc2c(N3CC(CO)CC3=O)cccc21. The van der Waals surface area contributed by atoms with Gasteiger partial charge in [-0.1, -0.05) is 6.07 Å². The number of aliphatic hydroxyl groups excluding tert-OH is 1. The summed E-state index contributed by atoms with van der Waals surface area (Å²) in [5, 5.41) is 14.1. The van der Waals surface area contributed by atoms with Gasteiger partial charge in [-0.15, -0.1) is 0 Å². The van der Waals surface area contributed by atoms with E-state index >= 15 is 0 Å². The second-order valence-corrected chi connectivity index (χ2v) is 7.00. The number of fused-ring (bicyclic) bond motifs is 1. The molecule has 1 aromatic heterocycles. The van der Waals surface area contributed by atoms with Crippen LogP contribution >= 0.6 is 0 Å². The minimum absolute atomic E-state index is 0.0185. The number of carbonyl (C=O) groups excluding carboxylic acids is 2. The van der Waals surface area contributed by atoms with Gasteiger partial charge in [0.25, 0.3) is 0 Å². The fraction of sp³-hybridized carbons (Fsp3) is 0.471. The van der Waals surface area contributed by atoms with Gasteiger partial charge in [0, 0.05) is 30.9 Å². The van der Waals surface area contributed by atoms with Crippen LogP contribution in [0.25, 0.3) is 10.9 Å². The number of aliphatic hydroxyl groups is 1. The topological polar surface area (TPSA) is 84.7 Å². The van der Waals surface area contributed by atoms with Crippen LogP contribution in [0.4, 0.5) is 10.5 Å². The second-order valence-electron chi connectivity index (χ2n) is 7.00. The lowest BCUT2D eigenvalue weighted by Gasteiger charge is -2.19. The molecule has 1 aromatic carbocycles. The van der Waals surface area contributed by atoms with E-state index in [1.165, 1.54) is 4.68 Å². The van der Waals surface area contributed by atoms with Crippen LogP contribution in [0.15, 0.2) is 24.4 Å². The number of hydrogen-bond acceptors (Lipinski definition) is 5. The molecule has 2 heterocycles. The Kier molecular flexibility index (Phi) is 4.04. The van der Waals surface area contributed by atoms with Crippen molar-refractivity contribution in [2.45, 2.75) is 32.8 Å². The minimum Gasteiger partial charge on any atom is -0.442 e. The molecule has 1 atom stereocenters.